The Hall–Kier alpha value is -3.82. The van der Waals surface area contributed by atoms with Crippen LogP contribution in [-0.4, -0.2) is 25.5 Å². The quantitative estimate of drug-likeness (QED) is 0.354. The summed E-state index contributed by atoms with van der Waals surface area (Å²) in [7, 11) is 0. The molecule has 180 valence electrons. The predicted octanol–water partition coefficient (Wildman–Crippen LogP) is 6.14. The Balaban J connectivity index is 1.45. The van der Waals surface area contributed by atoms with Crippen LogP contribution in [0.2, 0.25) is 0 Å². The molecular weight excluding hydrogens is 462 g/mol. The first-order valence-electron chi connectivity index (χ1n) is 11.3. The molecule has 0 atom stereocenters. The van der Waals surface area contributed by atoms with Crippen LogP contribution in [0.1, 0.15) is 37.8 Å². The van der Waals surface area contributed by atoms with Crippen LogP contribution in [0.5, 0.6) is 0 Å². The number of anilines is 1. The fraction of sp³-hybridized carbons (Fsp3) is 0.280. The molecule has 4 aromatic rings. The van der Waals surface area contributed by atoms with Crippen molar-refractivity contribution in [2.24, 2.45) is 5.92 Å². The molecule has 1 aliphatic rings. The topological polar surface area (TPSA) is 72.2 Å². The Labute approximate surface area is 198 Å². The molecule has 1 fully saturated rings. The number of fused-ring (bicyclic) bond motifs is 1. The van der Waals surface area contributed by atoms with Gasteiger partial charge in [0, 0.05) is 23.2 Å². The van der Waals surface area contributed by atoms with E-state index in [4.69, 9.17) is 0 Å². The van der Waals surface area contributed by atoms with Crippen molar-refractivity contribution in [3.8, 4) is 22.5 Å². The average Bonchev–Trinajstić information content (AvgIpc) is 3.29. The van der Waals surface area contributed by atoms with E-state index in [1.807, 2.05) is 0 Å². The summed E-state index contributed by atoms with van der Waals surface area (Å²) in [5.74, 6) is -0.879. The second-order valence-electron chi connectivity index (χ2n) is 8.56. The van der Waals surface area contributed by atoms with Crippen molar-refractivity contribution in [1.82, 2.24) is 19.6 Å². The van der Waals surface area contributed by atoms with Gasteiger partial charge in [0.05, 0.1) is 23.3 Å². The maximum Gasteiger partial charge on any atom is 0.434 e. The number of nitrogens with one attached hydrogen (secondary N) is 1. The number of carbonyl (C=O) groups excluding carboxylic acids is 1. The molecular formula is C25H21F4N5O. The predicted molar refractivity (Wildman–Crippen MR) is 122 cm³/mol. The van der Waals surface area contributed by atoms with Gasteiger partial charge in [-0.1, -0.05) is 19.3 Å². The van der Waals surface area contributed by atoms with Crippen LogP contribution < -0.4 is 5.32 Å². The van der Waals surface area contributed by atoms with Gasteiger partial charge in [0.25, 0.3) is 0 Å². The third-order valence-corrected chi connectivity index (χ3v) is 6.17. The highest BCUT2D eigenvalue weighted by Crippen LogP contribution is 2.35. The monoisotopic (exact) mass is 483 g/mol. The lowest BCUT2D eigenvalue weighted by Crippen LogP contribution is -2.25. The van der Waals surface area contributed by atoms with Gasteiger partial charge in [0.15, 0.2) is 11.3 Å². The maximum absolute atomic E-state index is 14.4. The molecule has 0 unspecified atom stereocenters. The summed E-state index contributed by atoms with van der Waals surface area (Å²) < 4.78 is 56.0. The first-order valence-corrected chi connectivity index (χ1v) is 11.3. The molecule has 0 radical (unpaired) electrons. The Kier molecular flexibility index (Phi) is 5.96. The number of pyridine rings is 1. The maximum atomic E-state index is 14.4. The van der Waals surface area contributed by atoms with Crippen molar-refractivity contribution in [3.05, 3.63) is 66.4 Å². The van der Waals surface area contributed by atoms with Gasteiger partial charge in [-0.25, -0.2) is 13.9 Å². The van der Waals surface area contributed by atoms with Crippen LogP contribution >= 0.6 is 0 Å². The van der Waals surface area contributed by atoms with Gasteiger partial charge >= 0.3 is 6.18 Å². The third kappa shape index (κ3) is 4.73. The SMILES string of the molecule is O=C(Nc1cc(-c2cn3nc(-c4cccnc4C(F)(F)F)ccc3n2)ccc1F)C1CCCCC1. The highest BCUT2D eigenvalue weighted by atomic mass is 19.4. The van der Waals surface area contributed by atoms with Crippen molar-refractivity contribution >= 4 is 17.2 Å². The zero-order chi connectivity index (χ0) is 24.6. The minimum Gasteiger partial charge on any atom is -0.323 e. The van der Waals surface area contributed by atoms with Gasteiger partial charge in [-0.05, 0) is 55.3 Å². The first kappa shape index (κ1) is 22.9. The summed E-state index contributed by atoms with van der Waals surface area (Å²) in [6, 6.07) is 9.99. The second-order valence-corrected chi connectivity index (χ2v) is 8.56. The highest BCUT2D eigenvalue weighted by Gasteiger charge is 2.35. The molecule has 0 spiro atoms. The lowest BCUT2D eigenvalue weighted by molar-refractivity contribution is -0.140. The molecule has 0 bridgehead atoms. The minimum absolute atomic E-state index is 0.0638. The second kappa shape index (κ2) is 9.09. The molecule has 1 aliphatic carbocycles. The molecule has 0 aliphatic heterocycles. The summed E-state index contributed by atoms with van der Waals surface area (Å²) in [6.45, 7) is 0. The number of hydrogen-bond donors (Lipinski definition) is 1. The van der Waals surface area contributed by atoms with Crippen molar-refractivity contribution in [1.29, 1.82) is 0 Å². The minimum atomic E-state index is -4.63. The van der Waals surface area contributed by atoms with E-state index in [-0.39, 0.29) is 28.8 Å². The van der Waals surface area contributed by atoms with Gasteiger partial charge in [-0.15, -0.1) is 0 Å². The molecule has 3 heterocycles. The van der Waals surface area contributed by atoms with E-state index < -0.39 is 17.7 Å². The standard InChI is InChI=1S/C25H21F4N5O/c26-18-9-8-16(13-20(18)32-24(35)15-5-2-1-3-6-15)21-14-34-22(31-21)11-10-19(33-34)17-7-4-12-30-23(17)25(27,28)29/h4,7-15H,1-3,5-6H2,(H,32,35). The molecule has 0 saturated heterocycles. The molecule has 10 heteroatoms. The van der Waals surface area contributed by atoms with E-state index >= 15 is 0 Å². The third-order valence-electron chi connectivity index (χ3n) is 6.17. The van der Waals surface area contributed by atoms with Crippen LogP contribution in [0.4, 0.5) is 23.2 Å². The Morgan fingerprint density at radius 2 is 1.83 bits per heavy atom. The molecule has 1 amide bonds. The highest BCUT2D eigenvalue weighted by molar-refractivity contribution is 5.93. The smallest absolute Gasteiger partial charge is 0.323 e. The number of halogens is 4. The van der Waals surface area contributed by atoms with E-state index in [1.165, 1.54) is 40.9 Å². The molecule has 6 nitrogen and oxygen atoms in total. The summed E-state index contributed by atoms with van der Waals surface area (Å²) in [5, 5.41) is 6.98. The first-order chi connectivity index (χ1) is 16.8. The Morgan fingerprint density at radius 1 is 1.03 bits per heavy atom. The Bertz CT molecular complexity index is 1390. The van der Waals surface area contributed by atoms with Gasteiger partial charge in [0.1, 0.15) is 5.82 Å². The number of nitrogens with zero attached hydrogens (tertiary/aromatic N) is 4. The lowest BCUT2D eigenvalue weighted by atomic mass is 9.88. The van der Waals surface area contributed by atoms with Gasteiger partial charge in [-0.2, -0.15) is 18.3 Å². The summed E-state index contributed by atoms with van der Waals surface area (Å²) in [5.41, 5.74) is 0.351. The molecule has 5 rings (SSSR count). The molecule has 3 aromatic heterocycles. The largest absolute Gasteiger partial charge is 0.434 e. The summed E-state index contributed by atoms with van der Waals surface area (Å²) in [6.07, 6.45) is 2.67. The van der Waals surface area contributed by atoms with E-state index in [0.29, 0.717) is 16.9 Å². The average molecular weight is 483 g/mol. The van der Waals surface area contributed by atoms with E-state index in [0.717, 1.165) is 38.3 Å². The normalized spacial score (nSPS) is 14.9. The van der Waals surface area contributed by atoms with Crippen molar-refractivity contribution in [2.45, 2.75) is 38.3 Å². The van der Waals surface area contributed by atoms with E-state index in [2.05, 4.69) is 20.4 Å². The van der Waals surface area contributed by atoms with Gasteiger partial charge in [-0.3, -0.25) is 9.78 Å². The van der Waals surface area contributed by atoms with Crippen LogP contribution in [-0.2, 0) is 11.0 Å². The zero-order valence-corrected chi connectivity index (χ0v) is 18.5. The number of carbonyl (C=O) groups is 1. The van der Waals surface area contributed by atoms with Crippen molar-refractivity contribution in [3.63, 3.8) is 0 Å². The van der Waals surface area contributed by atoms with Gasteiger partial charge in [0.2, 0.25) is 5.91 Å². The van der Waals surface area contributed by atoms with E-state index in [9.17, 15) is 22.4 Å². The fourth-order valence-corrected chi connectivity index (χ4v) is 4.38. The number of benzene rings is 1. The zero-order valence-electron chi connectivity index (χ0n) is 18.5. The number of alkyl halides is 3. The fourth-order valence-electron chi connectivity index (χ4n) is 4.38. The van der Waals surface area contributed by atoms with Crippen LogP contribution in [0.15, 0.2) is 54.9 Å². The Morgan fingerprint density at radius 3 is 2.60 bits per heavy atom. The number of rotatable bonds is 4. The summed E-state index contributed by atoms with van der Waals surface area (Å²) >= 11 is 0. The van der Waals surface area contributed by atoms with Crippen molar-refractivity contribution in [2.75, 3.05) is 5.32 Å². The number of aromatic nitrogens is 4. The van der Waals surface area contributed by atoms with Gasteiger partial charge < -0.3 is 5.32 Å². The van der Waals surface area contributed by atoms with Crippen molar-refractivity contribution < 1.29 is 22.4 Å². The number of hydrogen-bond acceptors (Lipinski definition) is 4. The summed E-state index contributed by atoms with van der Waals surface area (Å²) in [4.78, 5) is 20.5. The molecule has 1 saturated carbocycles. The molecule has 1 N–H and O–H groups in total. The number of amides is 1. The van der Waals surface area contributed by atoms with Crippen LogP contribution in [0.25, 0.3) is 28.2 Å². The lowest BCUT2D eigenvalue weighted by Gasteiger charge is -2.21. The van der Waals surface area contributed by atoms with Crippen LogP contribution in [0.3, 0.4) is 0 Å². The molecule has 35 heavy (non-hydrogen) atoms. The number of imidazole rings is 1. The van der Waals surface area contributed by atoms with Crippen LogP contribution in [0, 0.1) is 11.7 Å². The van der Waals surface area contributed by atoms with E-state index in [1.54, 1.807) is 12.3 Å². The molecule has 1 aromatic carbocycles.